The van der Waals surface area contributed by atoms with Crippen LogP contribution in [-0.2, 0) is 17.7 Å². The number of aryl methyl sites for hydroxylation is 1. The molecule has 1 aromatic heterocycles. The zero-order chi connectivity index (χ0) is 11.1. The van der Waals surface area contributed by atoms with Crippen molar-refractivity contribution in [3.63, 3.8) is 0 Å². The Bertz CT molecular complexity index is 382. The van der Waals surface area contributed by atoms with Crippen LogP contribution in [0.5, 0.6) is 0 Å². The molecule has 4 heteroatoms. The van der Waals surface area contributed by atoms with E-state index in [4.69, 9.17) is 4.74 Å². The average Bonchev–Trinajstić information content (AvgIpc) is 2.59. The second kappa shape index (κ2) is 3.86. The number of nitrogens with zero attached hydrogens (tertiary/aromatic N) is 3. The van der Waals surface area contributed by atoms with Gasteiger partial charge in [0.25, 0.3) is 0 Å². The van der Waals surface area contributed by atoms with E-state index in [1.54, 1.807) is 7.11 Å². The first-order valence-electron chi connectivity index (χ1n) is 6.06. The number of rotatable bonds is 2. The summed E-state index contributed by atoms with van der Waals surface area (Å²) in [6.45, 7) is 5.40. The lowest BCUT2D eigenvalue weighted by molar-refractivity contribution is -0.0579. The van der Waals surface area contributed by atoms with Gasteiger partial charge in [-0.15, -0.1) is 0 Å². The van der Waals surface area contributed by atoms with Gasteiger partial charge in [-0.05, 0) is 25.3 Å². The van der Waals surface area contributed by atoms with Crippen LogP contribution in [0.15, 0.2) is 6.20 Å². The van der Waals surface area contributed by atoms with Crippen molar-refractivity contribution in [1.29, 1.82) is 0 Å². The molecule has 2 aliphatic heterocycles. The first-order chi connectivity index (χ1) is 7.78. The Morgan fingerprint density at radius 1 is 1.38 bits per heavy atom. The Labute approximate surface area is 96.2 Å². The Kier molecular flexibility index (Phi) is 2.48. The van der Waals surface area contributed by atoms with Crippen LogP contribution in [-0.4, -0.2) is 47.0 Å². The molecule has 1 atom stereocenters. The molecule has 3 rings (SSSR count). The monoisotopic (exact) mass is 221 g/mol. The maximum atomic E-state index is 5.32. The van der Waals surface area contributed by atoms with Crippen LogP contribution in [0, 0.1) is 6.92 Å². The van der Waals surface area contributed by atoms with Gasteiger partial charge < -0.3 is 4.74 Å². The molecule has 0 bridgehead atoms. The minimum atomic E-state index is 0.459. The fraction of sp³-hybridized carbons (Fsp3) is 0.750. The van der Waals surface area contributed by atoms with Crippen molar-refractivity contribution in [2.24, 2.45) is 0 Å². The van der Waals surface area contributed by atoms with Gasteiger partial charge in [-0.25, -0.2) is 0 Å². The minimum absolute atomic E-state index is 0.459. The quantitative estimate of drug-likeness (QED) is 0.741. The number of methoxy groups -OCH3 is 1. The lowest BCUT2D eigenvalue weighted by Gasteiger charge is -2.44. The predicted octanol–water partition coefficient (Wildman–Crippen LogP) is 0.837. The van der Waals surface area contributed by atoms with E-state index in [-0.39, 0.29) is 0 Å². The highest BCUT2D eigenvalue weighted by molar-refractivity contribution is 5.17. The first kappa shape index (κ1) is 10.3. The summed E-state index contributed by atoms with van der Waals surface area (Å²) in [6.07, 6.45) is 4.89. The molecule has 0 saturated carbocycles. The third kappa shape index (κ3) is 1.57. The number of ether oxygens (including phenoxy) is 1. The highest BCUT2D eigenvalue weighted by Gasteiger charge is 2.34. The van der Waals surface area contributed by atoms with E-state index in [0.717, 1.165) is 19.6 Å². The predicted molar refractivity (Wildman–Crippen MR) is 61.4 cm³/mol. The summed E-state index contributed by atoms with van der Waals surface area (Å²) in [6, 6.07) is 0.665. The Morgan fingerprint density at radius 2 is 2.19 bits per heavy atom. The van der Waals surface area contributed by atoms with Crippen LogP contribution in [0.3, 0.4) is 0 Å². The topological polar surface area (TPSA) is 30.3 Å². The van der Waals surface area contributed by atoms with Crippen molar-refractivity contribution in [2.45, 2.75) is 38.5 Å². The van der Waals surface area contributed by atoms with E-state index in [9.17, 15) is 0 Å². The van der Waals surface area contributed by atoms with Crippen molar-refractivity contribution in [3.8, 4) is 0 Å². The number of hydrogen-bond acceptors (Lipinski definition) is 3. The molecule has 0 aliphatic carbocycles. The van der Waals surface area contributed by atoms with E-state index in [1.165, 1.54) is 24.1 Å². The smallest absolute Gasteiger partial charge is 0.0825 e. The normalized spacial score (nSPS) is 26.5. The van der Waals surface area contributed by atoms with Crippen molar-refractivity contribution < 1.29 is 4.74 Å². The number of hydrogen-bond donors (Lipinski definition) is 0. The van der Waals surface area contributed by atoms with Crippen LogP contribution >= 0.6 is 0 Å². The summed E-state index contributed by atoms with van der Waals surface area (Å²) < 4.78 is 7.50. The van der Waals surface area contributed by atoms with Crippen molar-refractivity contribution >= 4 is 0 Å². The van der Waals surface area contributed by atoms with Crippen molar-refractivity contribution in [3.05, 3.63) is 17.5 Å². The zero-order valence-corrected chi connectivity index (χ0v) is 10.0. The van der Waals surface area contributed by atoms with Gasteiger partial charge in [0.1, 0.15) is 0 Å². The second-order valence-electron chi connectivity index (χ2n) is 4.96. The van der Waals surface area contributed by atoms with Gasteiger partial charge in [-0.3, -0.25) is 9.58 Å². The van der Waals surface area contributed by atoms with Crippen molar-refractivity contribution in [2.75, 3.05) is 20.2 Å². The minimum Gasteiger partial charge on any atom is -0.379 e. The van der Waals surface area contributed by atoms with Crippen LogP contribution < -0.4 is 0 Å². The fourth-order valence-corrected chi connectivity index (χ4v) is 2.80. The molecular formula is C12H19N3O. The molecule has 16 heavy (non-hydrogen) atoms. The molecule has 0 spiro atoms. The van der Waals surface area contributed by atoms with Gasteiger partial charge in [0, 0.05) is 31.9 Å². The largest absolute Gasteiger partial charge is 0.379 e. The van der Waals surface area contributed by atoms with Crippen molar-refractivity contribution in [1.82, 2.24) is 14.7 Å². The molecule has 4 nitrogen and oxygen atoms in total. The van der Waals surface area contributed by atoms with Gasteiger partial charge in [-0.1, -0.05) is 0 Å². The van der Waals surface area contributed by atoms with Crippen LogP contribution in [0.1, 0.15) is 17.7 Å². The van der Waals surface area contributed by atoms with Gasteiger partial charge in [-0.2, -0.15) is 5.10 Å². The molecule has 0 unspecified atom stereocenters. The van der Waals surface area contributed by atoms with E-state index in [0.29, 0.717) is 12.1 Å². The van der Waals surface area contributed by atoms with Gasteiger partial charge in [0.05, 0.1) is 18.8 Å². The Hall–Kier alpha value is -0.870. The molecule has 0 aromatic carbocycles. The maximum Gasteiger partial charge on any atom is 0.0825 e. The number of aromatic nitrogens is 2. The molecule has 1 fully saturated rings. The lowest BCUT2D eigenvalue weighted by atomic mass is 9.98. The summed E-state index contributed by atoms with van der Waals surface area (Å²) >= 11 is 0. The average molecular weight is 221 g/mol. The fourth-order valence-electron chi connectivity index (χ4n) is 2.80. The number of fused-ring (bicyclic) bond motifs is 1. The van der Waals surface area contributed by atoms with Gasteiger partial charge in [0.15, 0.2) is 0 Å². The second-order valence-corrected chi connectivity index (χ2v) is 4.96. The van der Waals surface area contributed by atoms with E-state index >= 15 is 0 Å². The Balaban J connectivity index is 1.65. The highest BCUT2D eigenvalue weighted by Crippen LogP contribution is 2.25. The number of likely N-dealkylation sites (tertiary alicyclic amines) is 1. The third-order valence-electron chi connectivity index (χ3n) is 3.98. The van der Waals surface area contributed by atoms with Gasteiger partial charge in [0.2, 0.25) is 0 Å². The zero-order valence-electron chi connectivity index (χ0n) is 10.0. The summed E-state index contributed by atoms with van der Waals surface area (Å²) in [5.74, 6) is 0. The first-order valence-corrected chi connectivity index (χ1v) is 6.06. The Morgan fingerprint density at radius 3 is 2.94 bits per heavy atom. The van der Waals surface area contributed by atoms with Crippen LogP contribution in [0.4, 0.5) is 0 Å². The molecule has 0 radical (unpaired) electrons. The summed E-state index contributed by atoms with van der Waals surface area (Å²) in [7, 11) is 1.80. The van der Waals surface area contributed by atoms with Crippen LogP contribution in [0.2, 0.25) is 0 Å². The molecule has 3 heterocycles. The molecular weight excluding hydrogens is 202 g/mol. The summed E-state index contributed by atoms with van der Waals surface area (Å²) in [5, 5.41) is 4.45. The molecule has 1 aromatic rings. The molecule has 0 N–H and O–H groups in total. The SMILES string of the molecule is COC1CN([C@H]2CCc3c(C)cnn3C2)C1. The van der Waals surface area contributed by atoms with E-state index in [2.05, 4.69) is 21.6 Å². The molecule has 1 saturated heterocycles. The standard InChI is InChI=1S/C12H19N3O/c1-9-5-13-15-6-10(3-4-12(9)15)14-7-11(8-14)16-2/h5,10-11H,3-4,6-8H2,1-2H3/t10-/m0/s1. The van der Waals surface area contributed by atoms with E-state index < -0.39 is 0 Å². The summed E-state index contributed by atoms with van der Waals surface area (Å²) in [5.41, 5.74) is 2.77. The van der Waals surface area contributed by atoms with Crippen LogP contribution in [0.25, 0.3) is 0 Å². The highest BCUT2D eigenvalue weighted by atomic mass is 16.5. The molecule has 88 valence electrons. The van der Waals surface area contributed by atoms with Gasteiger partial charge >= 0.3 is 0 Å². The third-order valence-corrected chi connectivity index (χ3v) is 3.98. The lowest BCUT2D eigenvalue weighted by Crippen LogP contribution is -2.58. The maximum absolute atomic E-state index is 5.32. The molecule has 2 aliphatic rings. The summed E-state index contributed by atoms with van der Waals surface area (Å²) in [4.78, 5) is 2.52. The molecule has 0 amide bonds. The van der Waals surface area contributed by atoms with E-state index in [1.807, 2.05) is 6.20 Å².